The monoisotopic (exact) mass is 298 g/mol. The van der Waals surface area contributed by atoms with Crippen molar-refractivity contribution in [2.45, 2.75) is 6.18 Å². The third-order valence-corrected chi connectivity index (χ3v) is 2.50. The van der Waals surface area contributed by atoms with Crippen molar-refractivity contribution in [2.75, 3.05) is 0 Å². The molecule has 0 N–H and O–H groups in total. The molecule has 0 unspecified atom stereocenters. The quantitative estimate of drug-likeness (QED) is 0.628. The molecule has 0 spiro atoms. The van der Waals surface area contributed by atoms with Gasteiger partial charge in [0.05, 0.1) is 5.56 Å². The Labute approximate surface area is 116 Å². The van der Waals surface area contributed by atoms with Crippen molar-refractivity contribution in [3.63, 3.8) is 0 Å². The Morgan fingerprint density at radius 2 is 2.00 bits per heavy atom. The minimum absolute atomic E-state index is 0.317. The highest BCUT2D eigenvalue weighted by atomic mass is 19.4. The summed E-state index contributed by atoms with van der Waals surface area (Å²) in [4.78, 5) is 23.2. The molecule has 0 saturated heterocycles. The molecule has 0 aliphatic carbocycles. The first-order chi connectivity index (χ1) is 9.77. The Morgan fingerprint density at radius 1 is 1.29 bits per heavy atom. The number of aryl methyl sites for hydroxylation is 1. The molecular weight excluding hydrogens is 289 g/mol. The first kappa shape index (κ1) is 14.8. The van der Waals surface area contributed by atoms with Gasteiger partial charge in [-0.05, 0) is 18.2 Å². The van der Waals surface area contributed by atoms with E-state index in [-0.39, 0.29) is 5.75 Å². The van der Waals surface area contributed by atoms with E-state index in [9.17, 15) is 22.8 Å². The second-order valence-corrected chi connectivity index (χ2v) is 4.12. The SMILES string of the molecule is Cn1ccc(=O)c(C(=O)Oc2cccc(C(F)(F)F)c2)n1. The molecule has 2 aromatic rings. The van der Waals surface area contributed by atoms with Crippen LogP contribution in [0.2, 0.25) is 0 Å². The zero-order valence-corrected chi connectivity index (χ0v) is 10.7. The topological polar surface area (TPSA) is 61.2 Å². The van der Waals surface area contributed by atoms with Crippen molar-refractivity contribution in [1.82, 2.24) is 9.78 Å². The van der Waals surface area contributed by atoms with Gasteiger partial charge in [-0.15, -0.1) is 0 Å². The molecule has 21 heavy (non-hydrogen) atoms. The molecule has 0 aliphatic rings. The summed E-state index contributed by atoms with van der Waals surface area (Å²) < 4.78 is 43.6. The van der Waals surface area contributed by atoms with E-state index >= 15 is 0 Å². The molecule has 0 fully saturated rings. The van der Waals surface area contributed by atoms with E-state index < -0.39 is 28.8 Å². The Bertz CT molecular complexity index is 738. The number of nitrogens with zero attached hydrogens (tertiary/aromatic N) is 2. The average Bonchev–Trinajstić information content (AvgIpc) is 2.41. The third-order valence-electron chi connectivity index (χ3n) is 2.50. The summed E-state index contributed by atoms with van der Waals surface area (Å²) in [6.07, 6.45) is -3.22. The molecule has 2 rings (SSSR count). The Morgan fingerprint density at radius 3 is 2.67 bits per heavy atom. The lowest BCUT2D eigenvalue weighted by molar-refractivity contribution is -0.137. The van der Waals surface area contributed by atoms with E-state index in [1.165, 1.54) is 24.0 Å². The highest BCUT2D eigenvalue weighted by molar-refractivity contribution is 5.88. The van der Waals surface area contributed by atoms with E-state index in [2.05, 4.69) is 5.10 Å². The van der Waals surface area contributed by atoms with Crippen LogP contribution in [-0.2, 0) is 13.2 Å². The molecular formula is C13H9F3N2O3. The van der Waals surface area contributed by atoms with Crippen LogP contribution < -0.4 is 10.2 Å². The van der Waals surface area contributed by atoms with Crippen molar-refractivity contribution < 1.29 is 22.7 Å². The summed E-state index contributed by atoms with van der Waals surface area (Å²) >= 11 is 0. The highest BCUT2D eigenvalue weighted by Gasteiger charge is 2.31. The molecule has 0 radical (unpaired) electrons. The van der Waals surface area contributed by atoms with Crippen LogP contribution in [-0.4, -0.2) is 15.7 Å². The first-order valence-corrected chi connectivity index (χ1v) is 5.71. The number of carbonyl (C=O) groups is 1. The second-order valence-electron chi connectivity index (χ2n) is 4.12. The number of hydrogen-bond acceptors (Lipinski definition) is 4. The summed E-state index contributed by atoms with van der Waals surface area (Å²) in [6, 6.07) is 4.90. The first-order valence-electron chi connectivity index (χ1n) is 5.71. The predicted octanol–water partition coefficient (Wildman–Crippen LogP) is 2.02. The molecule has 0 saturated carbocycles. The Hall–Kier alpha value is -2.64. The molecule has 1 aromatic carbocycles. The zero-order valence-electron chi connectivity index (χ0n) is 10.7. The van der Waals surface area contributed by atoms with Crippen LogP contribution >= 0.6 is 0 Å². The van der Waals surface area contributed by atoms with E-state index in [1.54, 1.807) is 0 Å². The molecule has 5 nitrogen and oxygen atoms in total. The fourth-order valence-electron chi connectivity index (χ4n) is 1.53. The smallest absolute Gasteiger partial charge is 0.416 e. The van der Waals surface area contributed by atoms with Crippen LogP contribution in [0.15, 0.2) is 41.3 Å². The second kappa shape index (κ2) is 5.39. The molecule has 1 aromatic heterocycles. The minimum atomic E-state index is -4.55. The fourth-order valence-corrected chi connectivity index (χ4v) is 1.53. The lowest BCUT2D eigenvalue weighted by Gasteiger charge is -2.09. The number of halogens is 3. The van der Waals surface area contributed by atoms with Gasteiger partial charge in [0.1, 0.15) is 5.75 Å². The molecule has 110 valence electrons. The van der Waals surface area contributed by atoms with Crippen molar-refractivity contribution >= 4 is 5.97 Å². The van der Waals surface area contributed by atoms with Crippen LogP contribution in [0.25, 0.3) is 0 Å². The van der Waals surface area contributed by atoms with Gasteiger partial charge in [0.2, 0.25) is 11.1 Å². The Balaban J connectivity index is 2.28. The number of benzene rings is 1. The summed E-state index contributed by atoms with van der Waals surface area (Å²) in [5, 5.41) is 3.65. The lowest BCUT2D eigenvalue weighted by atomic mass is 10.2. The predicted molar refractivity (Wildman–Crippen MR) is 65.9 cm³/mol. The van der Waals surface area contributed by atoms with E-state index in [0.717, 1.165) is 18.2 Å². The lowest BCUT2D eigenvalue weighted by Crippen LogP contribution is -2.23. The van der Waals surface area contributed by atoms with Gasteiger partial charge in [-0.2, -0.15) is 18.3 Å². The van der Waals surface area contributed by atoms with E-state index in [0.29, 0.717) is 6.07 Å². The number of esters is 1. The van der Waals surface area contributed by atoms with Gasteiger partial charge in [0.15, 0.2) is 0 Å². The third kappa shape index (κ3) is 3.47. The number of ether oxygens (including phenoxy) is 1. The maximum absolute atomic E-state index is 12.5. The van der Waals surface area contributed by atoms with Crippen molar-refractivity contribution in [1.29, 1.82) is 0 Å². The number of aromatic nitrogens is 2. The van der Waals surface area contributed by atoms with Crippen molar-refractivity contribution in [3.05, 3.63) is 58.0 Å². The summed E-state index contributed by atoms with van der Waals surface area (Å²) in [5.41, 5.74) is -2.13. The highest BCUT2D eigenvalue weighted by Crippen LogP contribution is 2.31. The van der Waals surface area contributed by atoms with Crippen molar-refractivity contribution in [3.8, 4) is 5.75 Å². The molecule has 0 aliphatic heterocycles. The number of alkyl halides is 3. The zero-order chi connectivity index (χ0) is 15.6. The average molecular weight is 298 g/mol. The van der Waals surface area contributed by atoms with E-state index in [1.807, 2.05) is 0 Å². The number of hydrogen-bond donors (Lipinski definition) is 0. The molecule has 8 heteroatoms. The van der Waals surface area contributed by atoms with Gasteiger partial charge < -0.3 is 4.74 Å². The van der Waals surface area contributed by atoms with Crippen LogP contribution in [0.5, 0.6) is 5.75 Å². The van der Waals surface area contributed by atoms with Crippen LogP contribution in [0.1, 0.15) is 16.1 Å². The molecule has 0 bridgehead atoms. The van der Waals surface area contributed by atoms with Gasteiger partial charge in [0, 0.05) is 19.3 Å². The van der Waals surface area contributed by atoms with Gasteiger partial charge in [-0.3, -0.25) is 9.48 Å². The number of carbonyl (C=O) groups excluding carboxylic acids is 1. The molecule has 1 heterocycles. The summed E-state index contributed by atoms with van der Waals surface area (Å²) in [7, 11) is 1.49. The van der Waals surface area contributed by atoms with Crippen LogP contribution in [0.4, 0.5) is 13.2 Å². The normalized spacial score (nSPS) is 11.2. The van der Waals surface area contributed by atoms with Gasteiger partial charge in [-0.1, -0.05) is 6.07 Å². The van der Waals surface area contributed by atoms with E-state index in [4.69, 9.17) is 4.74 Å². The maximum atomic E-state index is 12.5. The fraction of sp³-hybridized carbons (Fsp3) is 0.154. The van der Waals surface area contributed by atoms with Crippen molar-refractivity contribution in [2.24, 2.45) is 7.05 Å². The van der Waals surface area contributed by atoms with Crippen LogP contribution in [0, 0.1) is 0 Å². The largest absolute Gasteiger partial charge is 0.422 e. The minimum Gasteiger partial charge on any atom is -0.422 e. The summed E-state index contributed by atoms with van der Waals surface area (Å²) in [6.45, 7) is 0. The molecule has 0 atom stereocenters. The van der Waals surface area contributed by atoms with Gasteiger partial charge in [-0.25, -0.2) is 4.79 Å². The maximum Gasteiger partial charge on any atom is 0.416 e. The number of rotatable bonds is 2. The standard InChI is InChI=1S/C13H9F3N2O3/c1-18-6-5-10(19)11(17-18)12(20)21-9-4-2-3-8(7-9)13(14,15)16/h2-7H,1H3. The summed E-state index contributed by atoms with van der Waals surface area (Å²) in [5.74, 6) is -1.43. The van der Waals surface area contributed by atoms with Gasteiger partial charge in [0.25, 0.3) is 0 Å². The van der Waals surface area contributed by atoms with Crippen LogP contribution in [0.3, 0.4) is 0 Å². The van der Waals surface area contributed by atoms with Gasteiger partial charge >= 0.3 is 12.1 Å². The molecule has 0 amide bonds. The Kier molecular flexibility index (Phi) is 3.79.